The Kier molecular flexibility index (Phi) is 7.84. The fourth-order valence-electron chi connectivity index (χ4n) is 2.98. The van der Waals surface area contributed by atoms with Crippen molar-refractivity contribution in [3.8, 4) is 0 Å². The van der Waals surface area contributed by atoms with E-state index in [1.807, 2.05) is 4.98 Å². The Hall–Kier alpha value is -2.02. The van der Waals surface area contributed by atoms with Gasteiger partial charge in [0.25, 0.3) is 11.4 Å². The molecule has 1 aliphatic heterocycles. The molecule has 0 bridgehead atoms. The number of hydrogen-bond donors (Lipinski definition) is 4. The van der Waals surface area contributed by atoms with Crippen LogP contribution >= 0.6 is 8.18 Å². The molecule has 0 aliphatic carbocycles. The number of carbonyl (C=O) groups is 1. The second kappa shape index (κ2) is 9.63. The quantitative estimate of drug-likeness (QED) is 0.283. The van der Waals surface area contributed by atoms with Crippen LogP contribution in [-0.4, -0.2) is 62.0 Å². The molecule has 14 heteroatoms. The molecule has 12 nitrogen and oxygen atoms in total. The summed E-state index contributed by atoms with van der Waals surface area (Å²) in [6.07, 6.45) is -3.56. The van der Waals surface area contributed by atoms with E-state index in [1.165, 1.54) is 13.8 Å². The molecule has 1 aromatic rings. The number of rotatable bonds is 9. The third-order valence-corrected chi connectivity index (χ3v) is 5.63. The van der Waals surface area contributed by atoms with Crippen molar-refractivity contribution in [1.82, 2.24) is 14.6 Å². The lowest BCUT2D eigenvalue weighted by atomic mass is 9.90. The van der Waals surface area contributed by atoms with Crippen LogP contribution in [0.3, 0.4) is 0 Å². The van der Waals surface area contributed by atoms with Gasteiger partial charge in [0.15, 0.2) is 12.8 Å². The summed E-state index contributed by atoms with van der Waals surface area (Å²) in [7, 11) is -2.79. The zero-order valence-electron chi connectivity index (χ0n) is 17.4. The lowest BCUT2D eigenvalue weighted by Gasteiger charge is -2.30. The molecule has 1 fully saturated rings. The van der Waals surface area contributed by atoms with Crippen LogP contribution in [0.4, 0.5) is 4.39 Å². The second-order valence-electron chi connectivity index (χ2n) is 7.39. The molecule has 0 amide bonds. The van der Waals surface area contributed by atoms with Crippen molar-refractivity contribution in [3.05, 3.63) is 33.1 Å². The van der Waals surface area contributed by atoms with Crippen LogP contribution in [-0.2, 0) is 23.4 Å². The van der Waals surface area contributed by atoms with Gasteiger partial charge in [-0.15, -0.1) is 4.52 Å². The highest BCUT2D eigenvalue weighted by Crippen LogP contribution is 2.47. The highest BCUT2D eigenvalue weighted by molar-refractivity contribution is 7.36. The number of ether oxygens (including phenoxy) is 2. The maximum Gasteiger partial charge on any atom is 0.614 e. The molecule has 0 radical (unpaired) electrons. The lowest BCUT2D eigenvalue weighted by Crippen LogP contribution is -2.51. The predicted molar refractivity (Wildman–Crippen MR) is 104 cm³/mol. The van der Waals surface area contributed by atoms with Crippen LogP contribution in [0.15, 0.2) is 21.9 Å². The first kappa shape index (κ1) is 25.2. The van der Waals surface area contributed by atoms with Crippen LogP contribution in [0.5, 0.6) is 0 Å². The molecule has 174 valence electrons. The van der Waals surface area contributed by atoms with E-state index >= 15 is 4.39 Å². The summed E-state index contributed by atoms with van der Waals surface area (Å²) < 4.78 is 43.1. The Morgan fingerprint density at radius 3 is 2.65 bits per heavy atom. The van der Waals surface area contributed by atoms with E-state index in [2.05, 4.69) is 5.09 Å². The van der Waals surface area contributed by atoms with Crippen LogP contribution in [0.25, 0.3) is 0 Å². The Bertz CT molecular complexity index is 938. The summed E-state index contributed by atoms with van der Waals surface area (Å²) in [4.78, 5) is 37.0. The van der Waals surface area contributed by atoms with Gasteiger partial charge in [-0.1, -0.05) is 12.0 Å². The lowest BCUT2D eigenvalue weighted by molar-refractivity contribution is -0.202. The van der Waals surface area contributed by atoms with E-state index in [1.54, 1.807) is 13.8 Å². The van der Waals surface area contributed by atoms with Gasteiger partial charge in [-0.05, 0) is 31.8 Å². The molecule has 2 heterocycles. The molecule has 31 heavy (non-hydrogen) atoms. The standard InChI is InChI=1S/C17H25FN3O9P/c1-5-16(26)13(24)17(18,30-14(16)21-7-6-11(22)19-15(21)25)8-28-31(27)20-10(4)12(23)29-9(2)3/h6-7,9-10,13-14,24,26H,5,8H2,1-4H3,(H-,19,20,22,25,27)/p+1/t10-,13-,14+,16+,17+/m0/s1. The SMILES string of the molecule is CC[C@]1(O)[C@H](n2ccc(=O)[nH]c2=O)O[C@](F)(CO[P+](=O)N[C@@H](C)C(=O)OC(C)C)[C@H]1O. The summed E-state index contributed by atoms with van der Waals surface area (Å²) in [5.41, 5.74) is -3.98. The van der Waals surface area contributed by atoms with E-state index in [0.29, 0.717) is 0 Å². The number of H-pyrrole nitrogens is 1. The fourth-order valence-corrected chi connectivity index (χ4v) is 3.77. The average Bonchev–Trinajstić information content (AvgIpc) is 2.88. The molecule has 2 rings (SSSR count). The topological polar surface area (TPSA) is 169 Å². The van der Waals surface area contributed by atoms with Crippen LogP contribution in [0.2, 0.25) is 0 Å². The number of alkyl halides is 1. The third-order valence-electron chi connectivity index (χ3n) is 4.67. The highest BCUT2D eigenvalue weighted by Gasteiger charge is 2.65. The van der Waals surface area contributed by atoms with Crippen molar-refractivity contribution in [1.29, 1.82) is 0 Å². The summed E-state index contributed by atoms with van der Waals surface area (Å²) in [6, 6.07) is -0.0727. The molecular formula is C17H26FN3O9P+. The van der Waals surface area contributed by atoms with Gasteiger partial charge in [0, 0.05) is 12.3 Å². The molecule has 6 atom stereocenters. The molecule has 1 aliphatic rings. The molecule has 1 aromatic heterocycles. The van der Waals surface area contributed by atoms with E-state index in [9.17, 15) is 29.2 Å². The average molecular weight is 466 g/mol. The molecule has 4 N–H and O–H groups in total. The maximum absolute atomic E-state index is 15.4. The number of nitrogens with zero attached hydrogens (tertiary/aromatic N) is 1. The molecule has 0 spiro atoms. The molecule has 1 saturated heterocycles. The summed E-state index contributed by atoms with van der Waals surface area (Å²) in [5.74, 6) is -3.76. The zero-order chi connectivity index (χ0) is 23.6. The van der Waals surface area contributed by atoms with Gasteiger partial charge in [-0.2, -0.15) is 0 Å². The monoisotopic (exact) mass is 466 g/mol. The third kappa shape index (κ3) is 5.43. The summed E-state index contributed by atoms with van der Waals surface area (Å²) >= 11 is 0. The first-order valence-electron chi connectivity index (χ1n) is 9.49. The Labute approximate surface area is 177 Å². The number of esters is 1. The van der Waals surface area contributed by atoms with Crippen molar-refractivity contribution in [2.45, 2.75) is 70.0 Å². The Balaban J connectivity index is 2.14. The molecular weight excluding hydrogens is 440 g/mol. The first-order chi connectivity index (χ1) is 14.3. The van der Waals surface area contributed by atoms with Gasteiger partial charge in [0.05, 0.1) is 6.10 Å². The van der Waals surface area contributed by atoms with Crippen molar-refractivity contribution >= 4 is 14.1 Å². The molecule has 0 saturated carbocycles. The second-order valence-corrected chi connectivity index (χ2v) is 8.42. The maximum atomic E-state index is 15.4. The summed E-state index contributed by atoms with van der Waals surface area (Å²) in [6.45, 7) is 4.95. The van der Waals surface area contributed by atoms with Gasteiger partial charge < -0.3 is 19.7 Å². The van der Waals surface area contributed by atoms with E-state index in [4.69, 9.17) is 14.0 Å². The number of aromatic amines is 1. The fraction of sp³-hybridized carbons (Fsp3) is 0.706. The Morgan fingerprint density at radius 2 is 2.10 bits per heavy atom. The minimum Gasteiger partial charge on any atom is -0.462 e. The van der Waals surface area contributed by atoms with Crippen LogP contribution in [0, 0.1) is 0 Å². The number of aliphatic hydroxyl groups is 2. The van der Waals surface area contributed by atoms with E-state index in [0.717, 1.165) is 16.8 Å². The highest BCUT2D eigenvalue weighted by atomic mass is 31.1. The Morgan fingerprint density at radius 1 is 1.45 bits per heavy atom. The van der Waals surface area contributed by atoms with Gasteiger partial charge >= 0.3 is 19.8 Å². The molecule has 1 unspecified atom stereocenters. The van der Waals surface area contributed by atoms with E-state index in [-0.39, 0.29) is 6.42 Å². The number of aromatic nitrogens is 2. The first-order valence-corrected chi connectivity index (χ1v) is 10.7. The largest absolute Gasteiger partial charge is 0.614 e. The van der Waals surface area contributed by atoms with E-state index < -0.39 is 67.9 Å². The minimum atomic E-state index is -3.06. The number of aliphatic hydroxyl groups excluding tert-OH is 1. The summed E-state index contributed by atoms with van der Waals surface area (Å²) in [5, 5.41) is 23.5. The van der Waals surface area contributed by atoms with Gasteiger partial charge in [0.1, 0.15) is 17.7 Å². The predicted octanol–water partition coefficient (Wildman–Crippen LogP) is -0.163. The van der Waals surface area contributed by atoms with Gasteiger partial charge in [-0.25, -0.2) is 9.18 Å². The smallest absolute Gasteiger partial charge is 0.462 e. The van der Waals surface area contributed by atoms with Crippen LogP contribution < -0.4 is 16.3 Å². The number of nitrogens with one attached hydrogen (secondary N) is 2. The van der Waals surface area contributed by atoms with Crippen molar-refractivity contribution in [2.24, 2.45) is 0 Å². The van der Waals surface area contributed by atoms with Gasteiger partial charge in [-0.3, -0.25) is 19.1 Å². The molecule has 0 aromatic carbocycles. The number of hydrogen-bond acceptors (Lipinski definition) is 9. The zero-order valence-corrected chi connectivity index (χ0v) is 18.3. The van der Waals surface area contributed by atoms with Gasteiger partial charge in [0.2, 0.25) is 0 Å². The van der Waals surface area contributed by atoms with Crippen molar-refractivity contribution in [3.63, 3.8) is 0 Å². The van der Waals surface area contributed by atoms with Crippen molar-refractivity contribution < 1.29 is 38.0 Å². The van der Waals surface area contributed by atoms with Crippen LogP contribution in [0.1, 0.15) is 40.3 Å². The minimum absolute atomic E-state index is 0.238. The van der Waals surface area contributed by atoms with Crippen molar-refractivity contribution in [2.75, 3.05) is 6.61 Å². The number of halogens is 1. The normalized spacial score (nSPS) is 29.7. The number of carbonyl (C=O) groups excluding carboxylic acids is 1.